The highest BCUT2D eigenvalue weighted by Gasteiger charge is 2.38. The predicted octanol–water partition coefficient (Wildman–Crippen LogP) is 3.59. The highest BCUT2D eigenvalue weighted by molar-refractivity contribution is 6.02. The number of anilines is 1. The molecule has 2 atom stereocenters. The van der Waals surface area contributed by atoms with Crippen LogP contribution in [-0.2, 0) is 0 Å². The van der Waals surface area contributed by atoms with E-state index in [1.807, 2.05) is 12.1 Å². The molecule has 0 radical (unpaired) electrons. The zero-order chi connectivity index (χ0) is 20.9. The van der Waals surface area contributed by atoms with Crippen molar-refractivity contribution >= 4 is 16.7 Å². The molecular weight excluding hydrogens is 395 g/mol. The first-order chi connectivity index (χ1) is 15.2. The van der Waals surface area contributed by atoms with Crippen LogP contribution in [0, 0.1) is 5.82 Å². The van der Waals surface area contributed by atoms with Crippen LogP contribution < -0.4 is 5.32 Å². The summed E-state index contributed by atoms with van der Waals surface area (Å²) in [5.41, 5.74) is 3.09. The van der Waals surface area contributed by atoms with E-state index >= 15 is 4.39 Å². The minimum Gasteiger partial charge on any atom is -0.366 e. The van der Waals surface area contributed by atoms with Gasteiger partial charge in [-0.2, -0.15) is 10.2 Å². The Morgan fingerprint density at radius 2 is 1.94 bits per heavy atom. The Morgan fingerprint density at radius 1 is 1.10 bits per heavy atom. The van der Waals surface area contributed by atoms with Gasteiger partial charge < -0.3 is 10.2 Å². The highest BCUT2D eigenvalue weighted by Crippen LogP contribution is 2.37. The van der Waals surface area contributed by atoms with Crippen LogP contribution in [0.2, 0.25) is 0 Å². The van der Waals surface area contributed by atoms with Gasteiger partial charge in [-0.15, -0.1) is 10.2 Å². The summed E-state index contributed by atoms with van der Waals surface area (Å²) in [5, 5.41) is 26.8. The molecule has 9 heteroatoms. The second-order valence-electron chi connectivity index (χ2n) is 8.59. The van der Waals surface area contributed by atoms with Crippen molar-refractivity contribution in [2.24, 2.45) is 0 Å². The molecule has 31 heavy (non-hydrogen) atoms. The van der Waals surface area contributed by atoms with Gasteiger partial charge in [-0.1, -0.05) is 0 Å². The van der Waals surface area contributed by atoms with Gasteiger partial charge in [-0.3, -0.25) is 10.2 Å². The SMILES string of the molecule is CN1C2CCC1CC(Nc1ccc(-c3cc(F)c(-c4cn[nH]c4)c4cn[nH]c34)nn1)C2. The molecule has 2 aliphatic heterocycles. The fourth-order valence-corrected chi connectivity index (χ4v) is 5.26. The van der Waals surface area contributed by atoms with E-state index in [0.29, 0.717) is 45.9 Å². The van der Waals surface area contributed by atoms with Crippen LogP contribution in [-0.4, -0.2) is 60.7 Å². The molecule has 1 aromatic carbocycles. The second-order valence-corrected chi connectivity index (χ2v) is 8.59. The molecule has 5 heterocycles. The lowest BCUT2D eigenvalue weighted by atomic mass is 9.98. The van der Waals surface area contributed by atoms with Gasteiger partial charge in [-0.25, -0.2) is 4.39 Å². The first kappa shape index (κ1) is 18.4. The summed E-state index contributed by atoms with van der Waals surface area (Å²) in [6.45, 7) is 0. The van der Waals surface area contributed by atoms with E-state index in [1.165, 1.54) is 18.9 Å². The number of H-pyrrole nitrogens is 2. The smallest absolute Gasteiger partial charge is 0.148 e. The molecule has 158 valence electrons. The lowest BCUT2D eigenvalue weighted by Gasteiger charge is -2.36. The molecule has 0 amide bonds. The maximum Gasteiger partial charge on any atom is 0.148 e. The van der Waals surface area contributed by atoms with Gasteiger partial charge >= 0.3 is 0 Å². The molecule has 2 aliphatic rings. The number of aromatic amines is 2. The van der Waals surface area contributed by atoms with E-state index in [1.54, 1.807) is 18.6 Å². The topological polar surface area (TPSA) is 98.4 Å². The summed E-state index contributed by atoms with van der Waals surface area (Å²) in [7, 11) is 2.24. The average molecular weight is 418 g/mol. The fraction of sp³-hybridized carbons (Fsp3) is 0.364. The number of aromatic nitrogens is 6. The number of rotatable bonds is 4. The number of nitrogens with one attached hydrogen (secondary N) is 3. The van der Waals surface area contributed by atoms with E-state index in [0.717, 1.165) is 24.2 Å². The molecule has 3 aromatic heterocycles. The molecule has 2 unspecified atom stereocenters. The van der Waals surface area contributed by atoms with Gasteiger partial charge in [-0.05, 0) is 50.9 Å². The molecule has 0 saturated carbocycles. The van der Waals surface area contributed by atoms with E-state index < -0.39 is 0 Å². The lowest BCUT2D eigenvalue weighted by Crippen LogP contribution is -2.44. The zero-order valence-electron chi connectivity index (χ0n) is 17.1. The standard InChI is InChI=1S/C22H23FN8/c1-31-14-2-3-15(31)7-13(6-14)27-20-5-4-19(28-29-20)16-8-18(23)21(12-9-24-25-10-12)17-11-26-30-22(16)17/h4-5,8-11,13-15H,2-3,6-7H2,1H3,(H,24,25)(H,26,30)(H,27,29). The van der Waals surface area contributed by atoms with Crippen LogP contribution in [0.5, 0.6) is 0 Å². The van der Waals surface area contributed by atoms with Gasteiger partial charge in [0, 0.05) is 46.4 Å². The molecule has 2 fully saturated rings. The average Bonchev–Trinajstić information content (AvgIpc) is 3.50. The van der Waals surface area contributed by atoms with Crippen molar-refractivity contribution in [1.29, 1.82) is 0 Å². The normalized spacial score (nSPS) is 23.5. The minimum absolute atomic E-state index is 0.351. The summed E-state index contributed by atoms with van der Waals surface area (Å²) in [5.74, 6) is 0.408. The van der Waals surface area contributed by atoms with Crippen molar-refractivity contribution < 1.29 is 4.39 Å². The Labute approximate surface area is 178 Å². The Hall–Kier alpha value is -3.33. The van der Waals surface area contributed by atoms with Crippen molar-refractivity contribution in [2.45, 2.75) is 43.8 Å². The van der Waals surface area contributed by atoms with Gasteiger partial charge in [0.05, 0.1) is 23.6 Å². The summed E-state index contributed by atoms with van der Waals surface area (Å²) in [4.78, 5) is 2.52. The fourth-order valence-electron chi connectivity index (χ4n) is 5.26. The molecule has 4 aromatic rings. The third-order valence-electron chi connectivity index (χ3n) is 6.87. The maximum absolute atomic E-state index is 15.1. The third kappa shape index (κ3) is 3.07. The monoisotopic (exact) mass is 418 g/mol. The molecular formula is C22H23FN8. The third-order valence-corrected chi connectivity index (χ3v) is 6.87. The molecule has 2 saturated heterocycles. The van der Waals surface area contributed by atoms with Crippen molar-refractivity contribution in [1.82, 2.24) is 35.5 Å². The van der Waals surface area contributed by atoms with Crippen molar-refractivity contribution in [3.8, 4) is 22.4 Å². The molecule has 3 N–H and O–H groups in total. The predicted molar refractivity (Wildman–Crippen MR) is 116 cm³/mol. The van der Waals surface area contributed by atoms with Crippen molar-refractivity contribution in [3.05, 3.63) is 42.6 Å². The number of hydrogen-bond donors (Lipinski definition) is 3. The molecule has 0 aliphatic carbocycles. The summed E-state index contributed by atoms with van der Waals surface area (Å²) in [6.07, 6.45) is 9.72. The number of hydrogen-bond acceptors (Lipinski definition) is 6. The Bertz CT molecular complexity index is 1200. The van der Waals surface area contributed by atoms with E-state index in [4.69, 9.17) is 0 Å². The van der Waals surface area contributed by atoms with E-state index in [9.17, 15) is 0 Å². The summed E-state index contributed by atoms with van der Waals surface area (Å²) in [6, 6.07) is 7.02. The first-order valence-corrected chi connectivity index (χ1v) is 10.6. The van der Waals surface area contributed by atoms with Crippen molar-refractivity contribution in [3.63, 3.8) is 0 Å². The largest absolute Gasteiger partial charge is 0.366 e. The molecule has 0 spiro atoms. The van der Waals surface area contributed by atoms with Crippen LogP contribution in [0.3, 0.4) is 0 Å². The zero-order valence-corrected chi connectivity index (χ0v) is 17.1. The number of fused-ring (bicyclic) bond motifs is 3. The van der Waals surface area contributed by atoms with Gasteiger partial charge in [0.2, 0.25) is 0 Å². The molecule has 6 rings (SSSR count). The Balaban J connectivity index is 1.29. The van der Waals surface area contributed by atoms with Gasteiger partial charge in [0.1, 0.15) is 11.6 Å². The summed E-state index contributed by atoms with van der Waals surface area (Å²) < 4.78 is 15.1. The molecule has 2 bridgehead atoms. The highest BCUT2D eigenvalue weighted by atomic mass is 19.1. The Kier molecular flexibility index (Phi) is 4.24. The van der Waals surface area contributed by atoms with Crippen LogP contribution >= 0.6 is 0 Å². The minimum atomic E-state index is -0.351. The maximum atomic E-state index is 15.1. The number of nitrogens with zero attached hydrogens (tertiary/aromatic N) is 5. The quantitative estimate of drug-likeness (QED) is 0.469. The van der Waals surface area contributed by atoms with E-state index in [-0.39, 0.29) is 5.82 Å². The van der Waals surface area contributed by atoms with Crippen molar-refractivity contribution in [2.75, 3.05) is 12.4 Å². The van der Waals surface area contributed by atoms with Crippen LogP contribution in [0.15, 0.2) is 36.8 Å². The number of piperidine rings is 1. The first-order valence-electron chi connectivity index (χ1n) is 10.6. The second kappa shape index (κ2) is 7.12. The van der Waals surface area contributed by atoms with Crippen LogP contribution in [0.1, 0.15) is 25.7 Å². The van der Waals surface area contributed by atoms with Gasteiger partial charge in [0.15, 0.2) is 0 Å². The Morgan fingerprint density at radius 3 is 2.65 bits per heavy atom. The molecule has 8 nitrogen and oxygen atoms in total. The van der Waals surface area contributed by atoms with Crippen LogP contribution in [0.4, 0.5) is 10.2 Å². The lowest BCUT2D eigenvalue weighted by molar-refractivity contribution is 0.168. The van der Waals surface area contributed by atoms with E-state index in [2.05, 4.69) is 47.9 Å². The number of benzene rings is 1. The van der Waals surface area contributed by atoms with Gasteiger partial charge in [0.25, 0.3) is 0 Å². The summed E-state index contributed by atoms with van der Waals surface area (Å²) >= 11 is 0. The van der Waals surface area contributed by atoms with Crippen LogP contribution in [0.25, 0.3) is 33.3 Å². The number of halogens is 1.